The summed E-state index contributed by atoms with van der Waals surface area (Å²) in [6.07, 6.45) is 8.99. The number of rotatable bonds is 8. The minimum atomic E-state index is 0.920. The van der Waals surface area contributed by atoms with Crippen molar-refractivity contribution in [3.63, 3.8) is 0 Å². The Balaban J connectivity index is 3.75. The molecule has 0 saturated heterocycles. The van der Waals surface area contributed by atoms with Crippen molar-refractivity contribution in [2.24, 2.45) is 4.99 Å². The summed E-state index contributed by atoms with van der Waals surface area (Å²) in [6.45, 7) is 9.14. The predicted octanol–water partition coefficient (Wildman–Crippen LogP) is 2.70. The Morgan fingerprint density at radius 2 is 2.00 bits per heavy atom. The summed E-state index contributed by atoms with van der Waals surface area (Å²) in [5.41, 5.74) is 0. The first-order chi connectivity index (χ1) is 7.85. The highest BCUT2D eigenvalue weighted by molar-refractivity contribution is 5.79. The van der Waals surface area contributed by atoms with Crippen LogP contribution in [0.25, 0.3) is 0 Å². The molecule has 0 unspecified atom stereocenters. The molecule has 0 spiro atoms. The van der Waals surface area contributed by atoms with E-state index < -0.39 is 0 Å². The van der Waals surface area contributed by atoms with Gasteiger partial charge in [0.25, 0.3) is 0 Å². The smallest absolute Gasteiger partial charge is 0.191 e. The Kier molecular flexibility index (Phi) is 11.3. The van der Waals surface area contributed by atoms with Gasteiger partial charge in [0.05, 0.1) is 0 Å². The van der Waals surface area contributed by atoms with Crippen LogP contribution in [-0.4, -0.2) is 25.6 Å². The van der Waals surface area contributed by atoms with Gasteiger partial charge < -0.3 is 10.6 Å². The molecule has 0 heterocycles. The summed E-state index contributed by atoms with van der Waals surface area (Å²) in [5, 5.41) is 6.57. The zero-order valence-electron chi connectivity index (χ0n) is 11.1. The van der Waals surface area contributed by atoms with E-state index in [4.69, 9.17) is 0 Å². The monoisotopic (exact) mass is 225 g/mol. The lowest BCUT2D eigenvalue weighted by atomic mass is 10.2. The van der Waals surface area contributed by atoms with Gasteiger partial charge in [-0.05, 0) is 26.7 Å². The van der Waals surface area contributed by atoms with E-state index in [-0.39, 0.29) is 0 Å². The van der Waals surface area contributed by atoms with Crippen molar-refractivity contribution in [2.75, 3.05) is 19.6 Å². The molecule has 3 nitrogen and oxygen atoms in total. The van der Waals surface area contributed by atoms with Gasteiger partial charge in [0.1, 0.15) is 0 Å². The lowest BCUT2D eigenvalue weighted by molar-refractivity contribution is 0.717. The Bertz CT molecular complexity index is 197. The SMILES string of the molecule is C/C=C/CCNC(=NCCCCC)NCC. The zero-order valence-corrected chi connectivity index (χ0v) is 11.1. The van der Waals surface area contributed by atoms with E-state index in [2.05, 4.69) is 41.6 Å². The second-order valence-electron chi connectivity index (χ2n) is 3.75. The number of aliphatic imine (C=N–C) groups is 1. The molecule has 3 heteroatoms. The first-order valence-electron chi connectivity index (χ1n) is 6.48. The number of allylic oxidation sites excluding steroid dienone is 1. The van der Waals surface area contributed by atoms with E-state index in [0.717, 1.165) is 32.0 Å². The maximum Gasteiger partial charge on any atom is 0.191 e. The first-order valence-corrected chi connectivity index (χ1v) is 6.48. The third-order valence-corrected chi connectivity index (χ3v) is 2.21. The number of hydrogen-bond donors (Lipinski definition) is 2. The van der Waals surface area contributed by atoms with Crippen LogP contribution >= 0.6 is 0 Å². The van der Waals surface area contributed by atoms with E-state index in [1.807, 2.05) is 6.92 Å². The normalized spacial score (nSPS) is 12.1. The standard InChI is InChI=1S/C13H27N3/c1-4-7-9-11-15-13(14-6-3)16-12-10-8-5-2/h4,7H,5-6,8-12H2,1-3H3,(H2,14,15,16)/b7-4+. The lowest BCUT2D eigenvalue weighted by Gasteiger charge is -2.10. The fraction of sp³-hybridized carbons (Fsp3) is 0.769. The van der Waals surface area contributed by atoms with Crippen LogP contribution < -0.4 is 10.6 Å². The molecule has 2 N–H and O–H groups in total. The molecule has 0 aromatic heterocycles. The van der Waals surface area contributed by atoms with Gasteiger partial charge in [0.2, 0.25) is 0 Å². The summed E-state index contributed by atoms with van der Waals surface area (Å²) in [7, 11) is 0. The summed E-state index contributed by atoms with van der Waals surface area (Å²) >= 11 is 0. The summed E-state index contributed by atoms with van der Waals surface area (Å²) < 4.78 is 0. The van der Waals surface area contributed by atoms with Crippen LogP contribution in [0.1, 0.15) is 46.5 Å². The minimum absolute atomic E-state index is 0.920. The maximum atomic E-state index is 4.52. The molecule has 16 heavy (non-hydrogen) atoms. The molecule has 0 radical (unpaired) electrons. The highest BCUT2D eigenvalue weighted by Crippen LogP contribution is 1.93. The number of nitrogens with one attached hydrogen (secondary N) is 2. The fourth-order valence-electron chi connectivity index (χ4n) is 1.33. The Hall–Kier alpha value is -0.990. The van der Waals surface area contributed by atoms with Crippen molar-refractivity contribution in [3.8, 4) is 0 Å². The minimum Gasteiger partial charge on any atom is -0.357 e. The molecule has 94 valence electrons. The van der Waals surface area contributed by atoms with Gasteiger partial charge in [-0.25, -0.2) is 0 Å². The molecule has 0 aliphatic heterocycles. The molecular formula is C13H27N3. The number of nitrogens with zero attached hydrogens (tertiary/aromatic N) is 1. The van der Waals surface area contributed by atoms with Gasteiger partial charge in [-0.1, -0.05) is 31.9 Å². The summed E-state index contributed by atoms with van der Waals surface area (Å²) in [4.78, 5) is 4.52. The molecule has 0 aliphatic rings. The van der Waals surface area contributed by atoms with E-state index in [1.165, 1.54) is 19.3 Å². The molecule has 0 atom stereocenters. The van der Waals surface area contributed by atoms with Crippen molar-refractivity contribution < 1.29 is 0 Å². The fourth-order valence-corrected chi connectivity index (χ4v) is 1.33. The number of guanidine groups is 1. The predicted molar refractivity (Wildman–Crippen MR) is 72.9 cm³/mol. The van der Waals surface area contributed by atoms with Crippen molar-refractivity contribution >= 4 is 5.96 Å². The molecule has 0 aliphatic carbocycles. The topological polar surface area (TPSA) is 36.4 Å². The third-order valence-electron chi connectivity index (χ3n) is 2.21. The third kappa shape index (κ3) is 9.56. The van der Waals surface area contributed by atoms with Gasteiger partial charge in [0, 0.05) is 19.6 Å². The van der Waals surface area contributed by atoms with E-state index in [1.54, 1.807) is 0 Å². The van der Waals surface area contributed by atoms with Crippen LogP contribution in [-0.2, 0) is 0 Å². The highest BCUT2D eigenvalue weighted by Gasteiger charge is 1.94. The Morgan fingerprint density at radius 3 is 2.62 bits per heavy atom. The summed E-state index contributed by atoms with van der Waals surface area (Å²) in [6, 6.07) is 0. The van der Waals surface area contributed by atoms with Crippen molar-refractivity contribution in [2.45, 2.75) is 46.5 Å². The van der Waals surface area contributed by atoms with Crippen molar-refractivity contribution in [3.05, 3.63) is 12.2 Å². The van der Waals surface area contributed by atoms with E-state index >= 15 is 0 Å². The van der Waals surface area contributed by atoms with Crippen LogP contribution in [0.15, 0.2) is 17.1 Å². The maximum absolute atomic E-state index is 4.52. The van der Waals surface area contributed by atoms with Gasteiger partial charge in [0.15, 0.2) is 5.96 Å². The molecule has 0 fully saturated rings. The zero-order chi connectivity index (χ0) is 12.1. The quantitative estimate of drug-likeness (QED) is 0.288. The molecule has 0 rings (SSSR count). The molecule has 0 amide bonds. The number of hydrogen-bond acceptors (Lipinski definition) is 1. The molecular weight excluding hydrogens is 198 g/mol. The van der Waals surface area contributed by atoms with Crippen molar-refractivity contribution in [1.29, 1.82) is 0 Å². The Morgan fingerprint density at radius 1 is 1.19 bits per heavy atom. The van der Waals surface area contributed by atoms with Gasteiger partial charge in [-0.2, -0.15) is 0 Å². The van der Waals surface area contributed by atoms with E-state index in [0.29, 0.717) is 0 Å². The van der Waals surface area contributed by atoms with E-state index in [9.17, 15) is 0 Å². The molecule has 0 saturated carbocycles. The molecule has 0 aromatic carbocycles. The van der Waals surface area contributed by atoms with Gasteiger partial charge in [-0.15, -0.1) is 0 Å². The van der Waals surface area contributed by atoms with Crippen LogP contribution in [0, 0.1) is 0 Å². The van der Waals surface area contributed by atoms with Crippen LogP contribution in [0.5, 0.6) is 0 Å². The van der Waals surface area contributed by atoms with Crippen LogP contribution in [0.4, 0.5) is 0 Å². The van der Waals surface area contributed by atoms with Gasteiger partial charge in [-0.3, -0.25) is 4.99 Å². The van der Waals surface area contributed by atoms with Crippen LogP contribution in [0.2, 0.25) is 0 Å². The average Bonchev–Trinajstić information content (AvgIpc) is 2.30. The Labute approximate surface area is 100 Å². The van der Waals surface area contributed by atoms with Crippen LogP contribution in [0.3, 0.4) is 0 Å². The van der Waals surface area contributed by atoms with Gasteiger partial charge >= 0.3 is 0 Å². The lowest BCUT2D eigenvalue weighted by Crippen LogP contribution is -2.37. The first kappa shape index (κ1) is 15.0. The second kappa shape index (κ2) is 12.1. The molecule has 0 aromatic rings. The van der Waals surface area contributed by atoms with Crippen molar-refractivity contribution in [1.82, 2.24) is 10.6 Å². The largest absolute Gasteiger partial charge is 0.357 e. The summed E-state index contributed by atoms with van der Waals surface area (Å²) in [5.74, 6) is 0.947. The second-order valence-corrected chi connectivity index (χ2v) is 3.75. The average molecular weight is 225 g/mol. The number of unbranched alkanes of at least 4 members (excludes halogenated alkanes) is 2. The molecule has 0 bridgehead atoms. The highest BCUT2D eigenvalue weighted by atomic mass is 15.2.